The van der Waals surface area contributed by atoms with Gasteiger partial charge in [0.25, 0.3) is 0 Å². The van der Waals surface area contributed by atoms with Gasteiger partial charge in [-0.3, -0.25) is 0 Å². The van der Waals surface area contributed by atoms with Crippen LogP contribution in [0.3, 0.4) is 0 Å². The minimum Gasteiger partial charge on any atom is -0.493 e. The highest BCUT2D eigenvalue weighted by molar-refractivity contribution is 9.10. The molecule has 0 fully saturated rings. The Balaban J connectivity index is 1.65. The summed E-state index contributed by atoms with van der Waals surface area (Å²) < 4.78 is 56.3. The van der Waals surface area contributed by atoms with Crippen molar-refractivity contribution in [1.29, 1.82) is 0 Å². The van der Waals surface area contributed by atoms with Crippen LogP contribution >= 0.6 is 15.9 Å². The van der Waals surface area contributed by atoms with Crippen molar-refractivity contribution in [3.05, 3.63) is 57.8 Å². The molecule has 0 bridgehead atoms. The number of esters is 1. The number of hydrogen-bond acceptors (Lipinski definition) is 5. The van der Waals surface area contributed by atoms with E-state index in [1.807, 2.05) is 31.0 Å². The number of carbonyl (C=O) groups excluding carboxylic acids is 1. The predicted molar refractivity (Wildman–Crippen MR) is 124 cm³/mol. The number of halogens is 4. The number of hydrogen-bond donors (Lipinski definition) is 0. The van der Waals surface area contributed by atoms with E-state index in [0.717, 1.165) is 18.4 Å². The largest absolute Gasteiger partial charge is 0.493 e. The zero-order chi connectivity index (χ0) is 24.2. The summed E-state index contributed by atoms with van der Waals surface area (Å²) in [5.74, 6) is 0.128. The molecule has 0 amide bonds. The van der Waals surface area contributed by atoms with Gasteiger partial charge in [-0.15, -0.1) is 0 Å². The van der Waals surface area contributed by atoms with Crippen molar-refractivity contribution in [2.45, 2.75) is 32.4 Å². The van der Waals surface area contributed by atoms with E-state index in [4.69, 9.17) is 13.9 Å². The fourth-order valence-corrected chi connectivity index (χ4v) is 4.14. The van der Waals surface area contributed by atoms with Crippen molar-refractivity contribution in [2.75, 3.05) is 32.2 Å². The topological polar surface area (TPSA) is 51.9 Å². The molecule has 0 aliphatic heterocycles. The summed E-state index contributed by atoms with van der Waals surface area (Å²) in [5.41, 5.74) is 1.48. The van der Waals surface area contributed by atoms with Gasteiger partial charge in [0.2, 0.25) is 0 Å². The number of methoxy groups -OCH3 is 1. The average Bonchev–Trinajstić information content (AvgIpc) is 3.22. The SMILES string of the molecule is CCCc1c(OCCCN(C)c2ccc(C(=O)OC)c(Br)c2)ccc2c(C(F)(F)F)coc12. The normalized spacial score (nSPS) is 11.6. The van der Waals surface area contributed by atoms with Gasteiger partial charge >= 0.3 is 12.1 Å². The van der Waals surface area contributed by atoms with Gasteiger partial charge in [-0.05, 0) is 59.1 Å². The molecule has 9 heteroatoms. The first-order valence-electron chi connectivity index (χ1n) is 10.5. The molecule has 0 aliphatic carbocycles. The minimum atomic E-state index is -4.47. The summed E-state index contributed by atoms with van der Waals surface area (Å²) in [7, 11) is 3.26. The van der Waals surface area contributed by atoms with Crippen molar-refractivity contribution in [1.82, 2.24) is 0 Å². The summed E-state index contributed by atoms with van der Waals surface area (Å²) in [6.07, 6.45) is -1.71. The Morgan fingerprint density at radius 2 is 1.97 bits per heavy atom. The lowest BCUT2D eigenvalue weighted by atomic mass is 10.0. The molecule has 0 radical (unpaired) electrons. The number of furan rings is 1. The van der Waals surface area contributed by atoms with Gasteiger partial charge in [0.15, 0.2) is 0 Å². The standard InChI is InChI=1S/C24H25BrF3NO4/c1-4-6-18-21(10-9-16-19(24(26,27)28)14-33-22(16)18)32-12-5-11-29(2)15-7-8-17(20(25)13-15)23(30)31-3/h7-10,13-14H,4-6,11-12H2,1-3H3. The maximum Gasteiger partial charge on any atom is 0.420 e. The molecule has 0 saturated heterocycles. The van der Waals surface area contributed by atoms with Crippen LogP contribution in [0.15, 0.2) is 45.5 Å². The quantitative estimate of drug-likeness (QED) is 0.225. The van der Waals surface area contributed by atoms with E-state index >= 15 is 0 Å². The van der Waals surface area contributed by atoms with Crippen molar-refractivity contribution in [3.63, 3.8) is 0 Å². The van der Waals surface area contributed by atoms with E-state index in [-0.39, 0.29) is 11.0 Å². The molecule has 33 heavy (non-hydrogen) atoms. The molecule has 1 heterocycles. The number of aryl methyl sites for hydroxylation is 1. The number of carbonyl (C=O) groups is 1. The lowest BCUT2D eigenvalue weighted by Crippen LogP contribution is -2.20. The Hall–Kier alpha value is -2.68. The van der Waals surface area contributed by atoms with E-state index in [1.54, 1.807) is 12.1 Å². The first-order chi connectivity index (χ1) is 15.7. The second-order valence-corrected chi connectivity index (χ2v) is 8.45. The van der Waals surface area contributed by atoms with Gasteiger partial charge in [-0.25, -0.2) is 4.79 Å². The molecule has 0 N–H and O–H groups in total. The summed E-state index contributed by atoms with van der Waals surface area (Å²) in [5, 5.41) is 0.0546. The fraction of sp³-hybridized carbons (Fsp3) is 0.375. The van der Waals surface area contributed by atoms with Gasteiger partial charge in [0, 0.05) is 34.7 Å². The van der Waals surface area contributed by atoms with Crippen molar-refractivity contribution >= 4 is 38.6 Å². The summed E-state index contributed by atoms with van der Waals surface area (Å²) in [6, 6.07) is 8.37. The third-order valence-electron chi connectivity index (χ3n) is 5.30. The van der Waals surface area contributed by atoms with E-state index < -0.39 is 17.7 Å². The summed E-state index contributed by atoms with van der Waals surface area (Å²) in [6.45, 7) is 3.02. The number of ether oxygens (including phenoxy) is 2. The minimum absolute atomic E-state index is 0.0546. The third kappa shape index (κ3) is 5.63. The van der Waals surface area contributed by atoms with E-state index in [0.29, 0.717) is 47.3 Å². The van der Waals surface area contributed by atoms with Crippen molar-refractivity contribution in [2.24, 2.45) is 0 Å². The second kappa shape index (κ2) is 10.5. The van der Waals surface area contributed by atoms with Gasteiger partial charge in [0.05, 0.1) is 19.3 Å². The van der Waals surface area contributed by atoms with Crippen LogP contribution in [0, 0.1) is 0 Å². The molecular weight excluding hydrogens is 503 g/mol. The lowest BCUT2D eigenvalue weighted by molar-refractivity contribution is -0.136. The molecule has 0 saturated carbocycles. The smallest absolute Gasteiger partial charge is 0.420 e. The Labute approximate surface area is 198 Å². The van der Waals surface area contributed by atoms with Crippen LogP contribution in [0.4, 0.5) is 18.9 Å². The molecule has 2 aromatic carbocycles. The Bertz CT molecular complexity index is 1130. The van der Waals surface area contributed by atoms with Gasteiger partial charge in [0.1, 0.15) is 23.2 Å². The molecule has 0 spiro atoms. The predicted octanol–water partition coefficient (Wildman–Crippen LogP) is 6.86. The van der Waals surface area contributed by atoms with Crippen LogP contribution in [-0.4, -0.2) is 33.3 Å². The number of anilines is 1. The van der Waals surface area contributed by atoms with Crippen LogP contribution in [0.2, 0.25) is 0 Å². The first kappa shape index (κ1) is 25.0. The monoisotopic (exact) mass is 527 g/mol. The maximum absolute atomic E-state index is 13.2. The van der Waals surface area contributed by atoms with E-state index in [9.17, 15) is 18.0 Å². The lowest BCUT2D eigenvalue weighted by Gasteiger charge is -2.20. The number of nitrogens with zero attached hydrogens (tertiary/aromatic N) is 1. The average molecular weight is 528 g/mol. The van der Waals surface area contributed by atoms with Gasteiger partial charge < -0.3 is 18.8 Å². The number of alkyl halides is 3. The van der Waals surface area contributed by atoms with E-state index in [2.05, 4.69) is 15.9 Å². The summed E-state index contributed by atoms with van der Waals surface area (Å²) in [4.78, 5) is 13.7. The molecule has 3 aromatic rings. The van der Waals surface area contributed by atoms with Crippen LogP contribution < -0.4 is 9.64 Å². The highest BCUT2D eigenvalue weighted by Crippen LogP contribution is 2.40. The number of benzene rings is 2. The first-order valence-corrected chi connectivity index (χ1v) is 11.3. The molecule has 3 rings (SSSR count). The highest BCUT2D eigenvalue weighted by atomic mass is 79.9. The molecule has 178 valence electrons. The highest BCUT2D eigenvalue weighted by Gasteiger charge is 2.35. The van der Waals surface area contributed by atoms with Crippen molar-refractivity contribution in [3.8, 4) is 5.75 Å². The van der Waals surface area contributed by atoms with Crippen LogP contribution in [0.1, 0.15) is 41.3 Å². The molecular formula is C24H25BrF3NO4. The Kier molecular flexibility index (Phi) is 7.94. The van der Waals surface area contributed by atoms with E-state index in [1.165, 1.54) is 13.2 Å². The molecule has 5 nitrogen and oxygen atoms in total. The Morgan fingerprint density at radius 1 is 1.21 bits per heavy atom. The number of fused-ring (bicyclic) bond motifs is 1. The number of rotatable bonds is 9. The van der Waals surface area contributed by atoms with Crippen LogP contribution in [0.5, 0.6) is 5.75 Å². The third-order valence-corrected chi connectivity index (χ3v) is 5.96. The van der Waals surface area contributed by atoms with Crippen molar-refractivity contribution < 1.29 is 31.9 Å². The van der Waals surface area contributed by atoms with Crippen LogP contribution in [-0.2, 0) is 17.3 Å². The second-order valence-electron chi connectivity index (χ2n) is 7.60. The molecule has 0 unspecified atom stereocenters. The molecule has 0 aliphatic rings. The van der Waals surface area contributed by atoms with Gasteiger partial charge in [-0.2, -0.15) is 13.2 Å². The molecule has 1 aromatic heterocycles. The van der Waals surface area contributed by atoms with Crippen LogP contribution in [0.25, 0.3) is 11.0 Å². The Morgan fingerprint density at radius 3 is 2.61 bits per heavy atom. The fourth-order valence-electron chi connectivity index (χ4n) is 3.61. The summed E-state index contributed by atoms with van der Waals surface area (Å²) >= 11 is 3.39. The van der Waals surface area contributed by atoms with Gasteiger partial charge in [-0.1, -0.05) is 13.3 Å². The zero-order valence-electron chi connectivity index (χ0n) is 18.6. The maximum atomic E-state index is 13.2. The zero-order valence-corrected chi connectivity index (χ0v) is 20.2. The molecule has 0 atom stereocenters.